The first kappa shape index (κ1) is 17.8. The van der Waals surface area contributed by atoms with Crippen molar-refractivity contribution >= 4 is 15.9 Å². The molecule has 0 radical (unpaired) electrons. The Bertz CT molecular complexity index is 629. The van der Waals surface area contributed by atoms with E-state index in [-0.39, 0.29) is 6.10 Å². The van der Waals surface area contributed by atoms with E-state index in [1.165, 1.54) is 11.1 Å². The van der Waals surface area contributed by atoms with Crippen LogP contribution in [0.4, 0.5) is 0 Å². The first-order valence-electron chi connectivity index (χ1n) is 7.88. The molecule has 3 nitrogen and oxygen atoms in total. The zero-order chi connectivity index (χ0) is 16.7. The maximum absolute atomic E-state index is 5.73. The molecule has 4 heteroatoms. The van der Waals surface area contributed by atoms with Crippen LogP contribution in [0.5, 0.6) is 11.5 Å². The number of benzene rings is 2. The van der Waals surface area contributed by atoms with Crippen molar-refractivity contribution in [3.05, 3.63) is 58.1 Å². The lowest BCUT2D eigenvalue weighted by Crippen LogP contribution is -2.17. The Labute approximate surface area is 147 Å². The van der Waals surface area contributed by atoms with E-state index in [9.17, 15) is 0 Å². The minimum absolute atomic E-state index is 0.177. The van der Waals surface area contributed by atoms with Crippen molar-refractivity contribution in [2.75, 3.05) is 13.7 Å². The van der Waals surface area contributed by atoms with Crippen LogP contribution in [0.2, 0.25) is 0 Å². The molecular weight excluding hydrogens is 354 g/mol. The Balaban J connectivity index is 1.83. The molecule has 0 atom stereocenters. The summed E-state index contributed by atoms with van der Waals surface area (Å²) in [4.78, 5) is 0. The van der Waals surface area contributed by atoms with E-state index in [1.54, 1.807) is 7.11 Å². The smallest absolute Gasteiger partial charge is 0.133 e. The van der Waals surface area contributed by atoms with E-state index in [4.69, 9.17) is 9.47 Å². The first-order valence-corrected chi connectivity index (χ1v) is 8.67. The third-order valence-corrected chi connectivity index (χ3v) is 4.07. The number of nitrogens with one attached hydrogen (secondary N) is 1. The summed E-state index contributed by atoms with van der Waals surface area (Å²) in [6.45, 7) is 5.79. The van der Waals surface area contributed by atoms with Gasteiger partial charge in [-0.15, -0.1) is 0 Å². The number of ether oxygens (including phenoxy) is 2. The van der Waals surface area contributed by atoms with Gasteiger partial charge in [-0.1, -0.05) is 24.3 Å². The summed E-state index contributed by atoms with van der Waals surface area (Å²) in [6.07, 6.45) is 1.12. The number of rotatable bonds is 8. The van der Waals surface area contributed by atoms with Crippen LogP contribution in [0.1, 0.15) is 25.0 Å². The minimum Gasteiger partial charge on any atom is -0.496 e. The van der Waals surface area contributed by atoms with Gasteiger partial charge >= 0.3 is 0 Å². The minimum atomic E-state index is 0.177. The van der Waals surface area contributed by atoms with Crippen molar-refractivity contribution in [3.63, 3.8) is 0 Å². The highest BCUT2D eigenvalue weighted by molar-refractivity contribution is 9.10. The van der Waals surface area contributed by atoms with Gasteiger partial charge in [0, 0.05) is 6.54 Å². The summed E-state index contributed by atoms with van der Waals surface area (Å²) < 4.78 is 12.1. The second-order valence-corrected chi connectivity index (χ2v) is 6.52. The fourth-order valence-electron chi connectivity index (χ4n) is 2.37. The zero-order valence-electron chi connectivity index (χ0n) is 13.9. The van der Waals surface area contributed by atoms with Crippen LogP contribution >= 0.6 is 15.9 Å². The van der Waals surface area contributed by atoms with E-state index in [0.29, 0.717) is 0 Å². The molecule has 0 saturated carbocycles. The molecule has 0 heterocycles. The number of hydrogen-bond donors (Lipinski definition) is 1. The number of hydrogen-bond acceptors (Lipinski definition) is 3. The molecule has 2 rings (SSSR count). The molecule has 2 aromatic carbocycles. The van der Waals surface area contributed by atoms with Crippen LogP contribution in [0.15, 0.2) is 46.9 Å². The molecule has 0 aliphatic heterocycles. The topological polar surface area (TPSA) is 30.5 Å². The summed E-state index contributed by atoms with van der Waals surface area (Å²) in [5, 5.41) is 3.47. The predicted octanol–water partition coefficient (Wildman–Crippen LogP) is 4.58. The van der Waals surface area contributed by atoms with Crippen LogP contribution in [0, 0.1) is 0 Å². The quantitative estimate of drug-likeness (QED) is 0.683. The van der Waals surface area contributed by atoms with Gasteiger partial charge in [0.15, 0.2) is 0 Å². The normalized spacial score (nSPS) is 10.8. The Morgan fingerprint density at radius 3 is 2.57 bits per heavy atom. The molecule has 0 aromatic heterocycles. The van der Waals surface area contributed by atoms with Gasteiger partial charge in [-0.2, -0.15) is 0 Å². The van der Waals surface area contributed by atoms with Gasteiger partial charge in [0.1, 0.15) is 11.5 Å². The molecule has 2 aromatic rings. The average molecular weight is 378 g/mol. The zero-order valence-corrected chi connectivity index (χ0v) is 15.5. The van der Waals surface area contributed by atoms with Crippen LogP contribution < -0.4 is 14.8 Å². The van der Waals surface area contributed by atoms with Crippen molar-refractivity contribution in [1.29, 1.82) is 0 Å². The maximum atomic E-state index is 5.73. The highest BCUT2D eigenvalue weighted by Crippen LogP contribution is 2.27. The van der Waals surface area contributed by atoms with Crippen LogP contribution in [0.3, 0.4) is 0 Å². The third-order valence-electron chi connectivity index (χ3n) is 3.45. The molecule has 0 unspecified atom stereocenters. The fraction of sp³-hybridized carbons (Fsp3) is 0.368. The van der Waals surface area contributed by atoms with E-state index in [0.717, 1.165) is 35.5 Å². The summed E-state index contributed by atoms with van der Waals surface area (Å²) in [7, 11) is 1.71. The highest BCUT2D eigenvalue weighted by atomic mass is 79.9. The van der Waals surface area contributed by atoms with Crippen LogP contribution in [0.25, 0.3) is 0 Å². The Morgan fingerprint density at radius 2 is 1.87 bits per heavy atom. The average Bonchev–Trinajstić information content (AvgIpc) is 2.54. The predicted molar refractivity (Wildman–Crippen MR) is 98.3 cm³/mol. The van der Waals surface area contributed by atoms with E-state index >= 15 is 0 Å². The third kappa shape index (κ3) is 5.56. The van der Waals surface area contributed by atoms with Crippen molar-refractivity contribution in [3.8, 4) is 11.5 Å². The summed E-state index contributed by atoms with van der Waals surface area (Å²) in [6, 6.07) is 14.4. The fourth-order valence-corrected chi connectivity index (χ4v) is 2.89. The monoisotopic (exact) mass is 377 g/mol. The molecule has 0 spiro atoms. The van der Waals surface area contributed by atoms with Crippen molar-refractivity contribution in [2.24, 2.45) is 0 Å². The van der Waals surface area contributed by atoms with E-state index in [1.807, 2.05) is 38.1 Å². The molecule has 0 amide bonds. The van der Waals surface area contributed by atoms with Gasteiger partial charge in [0.2, 0.25) is 0 Å². The van der Waals surface area contributed by atoms with Gasteiger partial charge in [-0.05, 0) is 72.1 Å². The van der Waals surface area contributed by atoms with E-state index in [2.05, 4.69) is 39.4 Å². The van der Waals surface area contributed by atoms with Crippen molar-refractivity contribution in [2.45, 2.75) is 32.9 Å². The number of methoxy groups -OCH3 is 1. The number of para-hydroxylation sites is 1. The molecule has 0 fully saturated rings. The summed E-state index contributed by atoms with van der Waals surface area (Å²) in [5.74, 6) is 1.84. The maximum Gasteiger partial charge on any atom is 0.133 e. The Hall–Kier alpha value is -1.52. The molecular formula is C19H24BrNO2. The lowest BCUT2D eigenvalue weighted by Gasteiger charge is -2.13. The van der Waals surface area contributed by atoms with Crippen molar-refractivity contribution < 1.29 is 9.47 Å². The lowest BCUT2D eigenvalue weighted by molar-refractivity contribution is 0.241. The largest absolute Gasteiger partial charge is 0.496 e. The van der Waals surface area contributed by atoms with E-state index < -0.39 is 0 Å². The second-order valence-electron chi connectivity index (χ2n) is 5.67. The Kier molecular flexibility index (Phi) is 6.93. The van der Waals surface area contributed by atoms with Gasteiger partial charge < -0.3 is 14.8 Å². The van der Waals surface area contributed by atoms with Gasteiger partial charge in [0.25, 0.3) is 0 Å². The van der Waals surface area contributed by atoms with Gasteiger partial charge in [0.05, 0.1) is 17.7 Å². The van der Waals surface area contributed by atoms with Gasteiger partial charge in [-0.3, -0.25) is 0 Å². The molecule has 0 aliphatic carbocycles. The van der Waals surface area contributed by atoms with Gasteiger partial charge in [-0.25, -0.2) is 0 Å². The molecule has 0 saturated heterocycles. The van der Waals surface area contributed by atoms with Crippen LogP contribution in [-0.2, 0) is 13.0 Å². The SMILES string of the molecule is COc1ccccc1CCNCc1ccc(OC(C)C)c(Br)c1. The van der Waals surface area contributed by atoms with Crippen LogP contribution in [-0.4, -0.2) is 19.8 Å². The second kappa shape index (κ2) is 8.94. The first-order chi connectivity index (χ1) is 11.1. The summed E-state index contributed by atoms with van der Waals surface area (Å²) in [5.41, 5.74) is 2.46. The Morgan fingerprint density at radius 1 is 1.09 bits per heavy atom. The molecule has 0 aliphatic rings. The van der Waals surface area contributed by atoms with Crippen molar-refractivity contribution in [1.82, 2.24) is 5.32 Å². The molecule has 23 heavy (non-hydrogen) atoms. The number of halogens is 1. The molecule has 1 N–H and O–H groups in total. The lowest BCUT2D eigenvalue weighted by atomic mass is 10.1. The summed E-state index contributed by atoms with van der Waals surface area (Å²) >= 11 is 3.57. The highest BCUT2D eigenvalue weighted by Gasteiger charge is 2.05. The standard InChI is InChI=1S/C19H24BrNO2/c1-14(2)23-19-9-8-15(12-17(19)20)13-21-11-10-16-6-4-5-7-18(16)22-3/h4-9,12,14,21H,10-11,13H2,1-3H3. The molecule has 0 bridgehead atoms. The molecule has 124 valence electrons.